The third kappa shape index (κ3) is 5.41. The van der Waals surface area contributed by atoms with Gasteiger partial charge in [0.05, 0.1) is 34.4 Å². The van der Waals surface area contributed by atoms with Crippen LogP contribution in [0.15, 0.2) is 66.7 Å². The van der Waals surface area contributed by atoms with Gasteiger partial charge in [-0.2, -0.15) is 0 Å². The first-order valence-electron chi connectivity index (χ1n) is 12.7. The number of hydrogen-bond acceptors (Lipinski definition) is 4. The number of carbonyl (C=O) groups excluding carboxylic acids is 1. The van der Waals surface area contributed by atoms with Crippen molar-refractivity contribution in [1.29, 1.82) is 0 Å². The minimum Gasteiger partial charge on any atom is -0.496 e. The summed E-state index contributed by atoms with van der Waals surface area (Å²) in [7, 11) is 3.46. The number of halogens is 3. The maximum Gasteiger partial charge on any atom is 0.258 e. The number of likely N-dealkylation sites (N-methyl/N-ethyl adjacent to an activating group) is 1. The molecule has 0 aromatic heterocycles. The molecule has 1 N–H and O–H groups in total. The second-order valence-electron chi connectivity index (χ2n) is 10.1. The molecular formula is C30H33Cl3N2O3. The zero-order valence-electron chi connectivity index (χ0n) is 21.6. The van der Waals surface area contributed by atoms with Crippen LogP contribution in [0.1, 0.15) is 58.3 Å². The second kappa shape index (κ2) is 11.8. The summed E-state index contributed by atoms with van der Waals surface area (Å²) in [6, 6.07) is 21.4. The van der Waals surface area contributed by atoms with E-state index in [-0.39, 0.29) is 30.3 Å². The van der Waals surface area contributed by atoms with Crippen molar-refractivity contribution in [3.05, 3.63) is 99.0 Å². The van der Waals surface area contributed by atoms with Gasteiger partial charge >= 0.3 is 0 Å². The number of piperidine rings is 1. The van der Waals surface area contributed by atoms with Gasteiger partial charge in [0.1, 0.15) is 5.75 Å². The van der Waals surface area contributed by atoms with Crippen molar-refractivity contribution in [3.63, 3.8) is 0 Å². The van der Waals surface area contributed by atoms with E-state index < -0.39 is 5.60 Å². The third-order valence-electron chi connectivity index (χ3n) is 8.05. The molecule has 1 amide bonds. The standard InChI is InChI=1S/C30H32Cl2N2O3.ClH/c1-33-28(23-9-6-10-26(37-2)27(23)29(33)35)22(20-11-12-24(31)25(32)19-20)13-16-34-17-14-30(36,15-18-34)21-7-4-3-5-8-21;/h3-12,19,22,28,36H,13-18H2,1-2H3;1H. The number of ether oxygens (including phenoxy) is 1. The molecule has 3 aromatic rings. The van der Waals surface area contributed by atoms with E-state index in [1.807, 2.05) is 78.7 Å². The fourth-order valence-corrected chi connectivity index (χ4v) is 6.25. The summed E-state index contributed by atoms with van der Waals surface area (Å²) in [5.41, 5.74) is 2.86. The van der Waals surface area contributed by atoms with Crippen LogP contribution >= 0.6 is 35.6 Å². The van der Waals surface area contributed by atoms with Crippen molar-refractivity contribution in [3.8, 4) is 5.75 Å². The van der Waals surface area contributed by atoms with Gasteiger partial charge in [0, 0.05) is 26.1 Å². The molecule has 5 nitrogen and oxygen atoms in total. The van der Waals surface area contributed by atoms with Gasteiger partial charge in [-0.25, -0.2) is 0 Å². The van der Waals surface area contributed by atoms with Gasteiger partial charge < -0.3 is 19.6 Å². The number of methoxy groups -OCH3 is 1. The van der Waals surface area contributed by atoms with Crippen molar-refractivity contribution in [2.45, 2.75) is 36.8 Å². The highest BCUT2D eigenvalue weighted by atomic mass is 35.5. The molecule has 3 aromatic carbocycles. The van der Waals surface area contributed by atoms with Crippen molar-refractivity contribution in [2.24, 2.45) is 0 Å². The molecule has 2 aliphatic heterocycles. The van der Waals surface area contributed by atoms with E-state index in [1.165, 1.54) is 0 Å². The fourth-order valence-electron chi connectivity index (χ4n) is 5.95. The van der Waals surface area contributed by atoms with Gasteiger partial charge in [0.25, 0.3) is 5.91 Å². The molecular weight excluding hydrogens is 543 g/mol. The Morgan fingerprint density at radius 3 is 2.39 bits per heavy atom. The number of nitrogens with zero attached hydrogens (tertiary/aromatic N) is 2. The van der Waals surface area contributed by atoms with Crippen LogP contribution in [0.2, 0.25) is 10.0 Å². The number of aliphatic hydroxyl groups is 1. The number of benzene rings is 3. The maximum atomic E-state index is 13.3. The molecule has 5 rings (SSSR count). The highest BCUT2D eigenvalue weighted by Crippen LogP contribution is 2.47. The molecule has 2 aliphatic rings. The van der Waals surface area contributed by atoms with E-state index in [4.69, 9.17) is 27.9 Å². The quantitative estimate of drug-likeness (QED) is 0.340. The average Bonchev–Trinajstić information content (AvgIpc) is 3.17. The average molecular weight is 576 g/mol. The molecule has 0 saturated carbocycles. The predicted octanol–water partition coefficient (Wildman–Crippen LogP) is 6.71. The van der Waals surface area contributed by atoms with Crippen LogP contribution in [0.3, 0.4) is 0 Å². The van der Waals surface area contributed by atoms with Gasteiger partial charge in [-0.15, -0.1) is 12.4 Å². The van der Waals surface area contributed by atoms with E-state index in [0.717, 1.165) is 42.7 Å². The van der Waals surface area contributed by atoms with Gasteiger partial charge in [-0.3, -0.25) is 4.79 Å². The lowest BCUT2D eigenvalue weighted by Gasteiger charge is -2.39. The molecule has 38 heavy (non-hydrogen) atoms. The first-order chi connectivity index (χ1) is 17.8. The Kier molecular flexibility index (Phi) is 8.96. The molecule has 2 atom stereocenters. The van der Waals surface area contributed by atoms with Crippen LogP contribution in [0, 0.1) is 0 Å². The molecule has 0 bridgehead atoms. The first-order valence-corrected chi connectivity index (χ1v) is 13.5. The molecule has 2 unspecified atom stereocenters. The second-order valence-corrected chi connectivity index (χ2v) is 10.9. The molecule has 1 fully saturated rings. The molecule has 0 aliphatic carbocycles. The lowest BCUT2D eigenvalue weighted by Crippen LogP contribution is -2.43. The molecule has 0 spiro atoms. The van der Waals surface area contributed by atoms with Gasteiger partial charge in [-0.1, -0.05) is 71.7 Å². The number of fused-ring (bicyclic) bond motifs is 1. The maximum absolute atomic E-state index is 13.3. The number of amides is 1. The van der Waals surface area contributed by atoms with Crippen molar-refractivity contribution in [1.82, 2.24) is 9.80 Å². The van der Waals surface area contributed by atoms with Crippen molar-refractivity contribution < 1.29 is 14.6 Å². The molecule has 202 valence electrons. The molecule has 2 heterocycles. The van der Waals surface area contributed by atoms with Crippen LogP contribution in [0.25, 0.3) is 0 Å². The number of rotatable bonds is 7. The number of carbonyl (C=O) groups is 1. The number of likely N-dealkylation sites (tertiary alicyclic amines) is 1. The Bertz CT molecular complexity index is 1280. The third-order valence-corrected chi connectivity index (χ3v) is 8.79. The zero-order chi connectivity index (χ0) is 26.2. The molecule has 1 saturated heterocycles. The molecule has 8 heteroatoms. The van der Waals surface area contributed by atoms with Crippen LogP contribution in [0.5, 0.6) is 5.75 Å². The summed E-state index contributed by atoms with van der Waals surface area (Å²) in [5, 5.41) is 12.3. The Labute approximate surface area is 240 Å². The summed E-state index contributed by atoms with van der Waals surface area (Å²) in [6.45, 7) is 2.46. The smallest absolute Gasteiger partial charge is 0.258 e. The van der Waals surface area contributed by atoms with E-state index >= 15 is 0 Å². The van der Waals surface area contributed by atoms with Crippen LogP contribution in [0.4, 0.5) is 0 Å². The highest BCUT2D eigenvalue weighted by Gasteiger charge is 2.42. The van der Waals surface area contributed by atoms with Gasteiger partial charge in [0.2, 0.25) is 0 Å². The van der Waals surface area contributed by atoms with E-state index in [9.17, 15) is 9.90 Å². The van der Waals surface area contributed by atoms with Crippen LogP contribution in [-0.4, -0.2) is 54.6 Å². The molecule has 0 radical (unpaired) electrons. The van der Waals surface area contributed by atoms with Crippen molar-refractivity contribution in [2.75, 3.05) is 33.8 Å². The Morgan fingerprint density at radius 2 is 1.74 bits per heavy atom. The largest absolute Gasteiger partial charge is 0.496 e. The lowest BCUT2D eigenvalue weighted by molar-refractivity contribution is -0.0266. The van der Waals surface area contributed by atoms with E-state index in [0.29, 0.717) is 34.2 Å². The number of hydrogen-bond donors (Lipinski definition) is 1. The van der Waals surface area contributed by atoms with Gasteiger partial charge in [-0.05, 0) is 60.7 Å². The first kappa shape index (κ1) is 28.7. The topological polar surface area (TPSA) is 53.0 Å². The summed E-state index contributed by atoms with van der Waals surface area (Å²) >= 11 is 12.7. The summed E-state index contributed by atoms with van der Waals surface area (Å²) in [4.78, 5) is 17.5. The van der Waals surface area contributed by atoms with E-state index in [1.54, 1.807) is 7.11 Å². The summed E-state index contributed by atoms with van der Waals surface area (Å²) < 4.78 is 5.54. The summed E-state index contributed by atoms with van der Waals surface area (Å²) in [5.74, 6) is 0.571. The summed E-state index contributed by atoms with van der Waals surface area (Å²) in [6.07, 6.45) is 2.20. The van der Waals surface area contributed by atoms with Crippen LogP contribution in [-0.2, 0) is 5.60 Å². The van der Waals surface area contributed by atoms with Crippen molar-refractivity contribution >= 4 is 41.5 Å². The fraction of sp³-hybridized carbons (Fsp3) is 0.367. The predicted molar refractivity (Wildman–Crippen MR) is 155 cm³/mol. The Morgan fingerprint density at radius 1 is 1.03 bits per heavy atom. The lowest BCUT2D eigenvalue weighted by atomic mass is 9.82. The minimum absolute atomic E-state index is 0. The highest BCUT2D eigenvalue weighted by molar-refractivity contribution is 6.42. The Hall–Kier alpha value is -2.28. The zero-order valence-corrected chi connectivity index (χ0v) is 23.9. The van der Waals surface area contributed by atoms with Gasteiger partial charge in [0.15, 0.2) is 0 Å². The monoisotopic (exact) mass is 574 g/mol. The Balaban J connectivity index is 0.00000336. The normalized spacial score (nSPS) is 19.6. The SMILES string of the molecule is COc1cccc2c1C(=O)N(C)C2C(CCN1CCC(O)(c2ccccc2)CC1)c1ccc(Cl)c(Cl)c1.Cl. The minimum atomic E-state index is -0.783. The van der Waals surface area contributed by atoms with Crippen LogP contribution < -0.4 is 4.74 Å². The van der Waals surface area contributed by atoms with E-state index in [2.05, 4.69) is 4.90 Å².